The number of sulfonamides is 1. The number of anilines is 1. The first-order valence-electron chi connectivity index (χ1n) is 9.82. The fourth-order valence-electron chi connectivity index (χ4n) is 3.54. The molecule has 1 saturated heterocycles. The molecule has 8 heteroatoms. The number of rotatable bonds is 6. The van der Waals surface area contributed by atoms with Crippen molar-refractivity contribution in [3.8, 4) is 0 Å². The number of benzene rings is 2. The molecule has 0 spiro atoms. The molecule has 3 rings (SSSR count). The first-order chi connectivity index (χ1) is 14.3. The third-order valence-electron chi connectivity index (χ3n) is 5.37. The third-order valence-corrected chi connectivity index (χ3v) is 7.20. The average molecular weight is 431 g/mol. The lowest BCUT2D eigenvalue weighted by atomic mass is 9.97. The first kappa shape index (κ1) is 22.0. The zero-order chi connectivity index (χ0) is 21.7. The van der Waals surface area contributed by atoms with E-state index < -0.39 is 16.0 Å². The SMILES string of the molecule is COC(=O)c1cccc(NC(=O)C2CCN(S(=O)(=O)Cc3ccccc3C)CC2)c1. The number of amides is 1. The fourth-order valence-corrected chi connectivity index (χ4v) is 5.21. The number of hydrogen-bond acceptors (Lipinski definition) is 5. The number of aryl methyl sites for hydroxylation is 1. The molecule has 0 saturated carbocycles. The fraction of sp³-hybridized carbons (Fsp3) is 0.364. The number of carbonyl (C=O) groups excluding carboxylic acids is 2. The van der Waals surface area contributed by atoms with Gasteiger partial charge in [-0.1, -0.05) is 30.3 Å². The number of nitrogens with zero attached hydrogens (tertiary/aromatic N) is 1. The molecule has 0 aromatic heterocycles. The summed E-state index contributed by atoms with van der Waals surface area (Å²) in [5, 5.41) is 2.82. The summed E-state index contributed by atoms with van der Waals surface area (Å²) in [6, 6.07) is 14.0. The van der Waals surface area contributed by atoms with E-state index >= 15 is 0 Å². The molecule has 2 aromatic rings. The van der Waals surface area contributed by atoms with E-state index in [-0.39, 0.29) is 17.6 Å². The second kappa shape index (κ2) is 9.40. The second-order valence-corrected chi connectivity index (χ2v) is 9.39. The van der Waals surface area contributed by atoms with Crippen LogP contribution < -0.4 is 5.32 Å². The van der Waals surface area contributed by atoms with Crippen LogP contribution in [-0.4, -0.2) is 44.8 Å². The van der Waals surface area contributed by atoms with Gasteiger partial charge in [-0.25, -0.2) is 17.5 Å². The largest absolute Gasteiger partial charge is 0.465 e. The van der Waals surface area contributed by atoms with Crippen molar-refractivity contribution in [2.45, 2.75) is 25.5 Å². The Labute approximate surface area is 177 Å². The van der Waals surface area contributed by atoms with Crippen molar-refractivity contribution in [2.75, 3.05) is 25.5 Å². The van der Waals surface area contributed by atoms with Gasteiger partial charge < -0.3 is 10.1 Å². The molecule has 0 atom stereocenters. The van der Waals surface area contributed by atoms with Gasteiger partial charge in [-0.2, -0.15) is 0 Å². The van der Waals surface area contributed by atoms with Gasteiger partial charge in [0, 0.05) is 24.7 Å². The molecule has 1 aliphatic heterocycles. The van der Waals surface area contributed by atoms with Crippen LogP contribution in [0.5, 0.6) is 0 Å². The van der Waals surface area contributed by atoms with E-state index in [1.807, 2.05) is 31.2 Å². The van der Waals surface area contributed by atoms with Crippen molar-refractivity contribution in [3.63, 3.8) is 0 Å². The van der Waals surface area contributed by atoms with E-state index in [1.165, 1.54) is 11.4 Å². The van der Waals surface area contributed by atoms with E-state index in [1.54, 1.807) is 24.3 Å². The smallest absolute Gasteiger partial charge is 0.337 e. The summed E-state index contributed by atoms with van der Waals surface area (Å²) in [5.41, 5.74) is 2.61. The standard InChI is InChI=1S/C22H26N2O5S/c1-16-6-3-4-7-19(16)15-30(27,28)24-12-10-17(11-13-24)21(25)23-20-9-5-8-18(14-20)22(26)29-2/h3-9,14,17H,10-13,15H2,1-2H3,(H,23,25). The molecule has 7 nitrogen and oxygen atoms in total. The van der Waals surface area contributed by atoms with Crippen molar-refractivity contribution in [1.29, 1.82) is 0 Å². The van der Waals surface area contributed by atoms with Crippen molar-refractivity contribution in [1.82, 2.24) is 4.31 Å². The van der Waals surface area contributed by atoms with Gasteiger partial charge in [-0.05, 0) is 49.1 Å². The van der Waals surface area contributed by atoms with Crippen LogP contribution in [-0.2, 0) is 25.3 Å². The van der Waals surface area contributed by atoms with E-state index in [2.05, 4.69) is 5.32 Å². The first-order valence-corrected chi connectivity index (χ1v) is 11.4. The normalized spacial score (nSPS) is 15.5. The summed E-state index contributed by atoms with van der Waals surface area (Å²) in [6.07, 6.45) is 0.908. The van der Waals surface area contributed by atoms with Crippen LogP contribution in [0.1, 0.15) is 34.3 Å². The van der Waals surface area contributed by atoms with Crippen molar-refractivity contribution < 1.29 is 22.7 Å². The van der Waals surface area contributed by atoms with Gasteiger partial charge in [-0.15, -0.1) is 0 Å². The highest BCUT2D eigenvalue weighted by molar-refractivity contribution is 7.88. The van der Waals surface area contributed by atoms with Gasteiger partial charge in [0.25, 0.3) is 0 Å². The van der Waals surface area contributed by atoms with Crippen LogP contribution >= 0.6 is 0 Å². The zero-order valence-corrected chi connectivity index (χ0v) is 17.9. The van der Waals surface area contributed by atoms with Crippen LogP contribution in [0.25, 0.3) is 0 Å². The summed E-state index contributed by atoms with van der Waals surface area (Å²) in [6.45, 7) is 2.53. The minimum Gasteiger partial charge on any atom is -0.465 e. The number of piperidine rings is 1. The van der Waals surface area contributed by atoms with Crippen LogP contribution in [0.3, 0.4) is 0 Å². The number of ether oxygens (including phenoxy) is 1. The number of carbonyl (C=O) groups is 2. The molecule has 1 fully saturated rings. The lowest BCUT2D eigenvalue weighted by molar-refractivity contribution is -0.120. The highest BCUT2D eigenvalue weighted by Gasteiger charge is 2.31. The highest BCUT2D eigenvalue weighted by Crippen LogP contribution is 2.24. The zero-order valence-electron chi connectivity index (χ0n) is 17.1. The van der Waals surface area contributed by atoms with Gasteiger partial charge in [0.15, 0.2) is 0 Å². The summed E-state index contributed by atoms with van der Waals surface area (Å²) in [5.74, 6) is -0.959. The molecule has 0 radical (unpaired) electrons. The summed E-state index contributed by atoms with van der Waals surface area (Å²) < 4.78 is 31.7. The number of methoxy groups -OCH3 is 1. The van der Waals surface area contributed by atoms with Gasteiger partial charge in [0.1, 0.15) is 0 Å². The van der Waals surface area contributed by atoms with Gasteiger partial charge in [0.05, 0.1) is 18.4 Å². The maximum atomic E-state index is 12.8. The molecule has 30 heavy (non-hydrogen) atoms. The topological polar surface area (TPSA) is 92.8 Å². The molecule has 1 aliphatic rings. The molecular formula is C22H26N2O5S. The lowest BCUT2D eigenvalue weighted by Gasteiger charge is -2.30. The highest BCUT2D eigenvalue weighted by atomic mass is 32.2. The quantitative estimate of drug-likeness (QED) is 0.712. The van der Waals surface area contributed by atoms with E-state index in [4.69, 9.17) is 4.74 Å². The predicted molar refractivity (Wildman–Crippen MR) is 115 cm³/mol. The van der Waals surface area contributed by atoms with Gasteiger partial charge in [-0.3, -0.25) is 4.79 Å². The van der Waals surface area contributed by atoms with Crippen molar-refractivity contribution >= 4 is 27.6 Å². The van der Waals surface area contributed by atoms with Crippen LogP contribution in [0.2, 0.25) is 0 Å². The Bertz CT molecular complexity index is 1030. The van der Waals surface area contributed by atoms with Crippen LogP contribution in [0.4, 0.5) is 5.69 Å². The maximum absolute atomic E-state index is 12.8. The minimum absolute atomic E-state index is 0.0309. The molecule has 160 valence electrons. The average Bonchev–Trinajstić information content (AvgIpc) is 2.75. The van der Waals surface area contributed by atoms with Gasteiger partial charge in [0.2, 0.25) is 15.9 Å². The minimum atomic E-state index is -3.43. The molecular weight excluding hydrogens is 404 g/mol. The number of esters is 1. The molecule has 0 aliphatic carbocycles. The Morgan fingerprint density at radius 1 is 1.10 bits per heavy atom. The Morgan fingerprint density at radius 2 is 1.80 bits per heavy atom. The second-order valence-electron chi connectivity index (χ2n) is 7.42. The van der Waals surface area contributed by atoms with E-state index in [0.717, 1.165) is 11.1 Å². The monoisotopic (exact) mass is 430 g/mol. The van der Waals surface area contributed by atoms with Crippen LogP contribution in [0.15, 0.2) is 48.5 Å². The van der Waals surface area contributed by atoms with Crippen molar-refractivity contribution in [2.24, 2.45) is 5.92 Å². The predicted octanol–water partition coefficient (Wildman–Crippen LogP) is 2.96. The molecule has 2 aromatic carbocycles. The number of nitrogens with one attached hydrogen (secondary N) is 1. The Kier molecular flexibility index (Phi) is 6.89. The Balaban J connectivity index is 1.58. The van der Waals surface area contributed by atoms with Crippen LogP contribution in [0, 0.1) is 12.8 Å². The molecule has 1 amide bonds. The molecule has 0 bridgehead atoms. The summed E-state index contributed by atoms with van der Waals surface area (Å²) >= 11 is 0. The number of hydrogen-bond donors (Lipinski definition) is 1. The third kappa shape index (κ3) is 5.25. The molecule has 1 N–H and O–H groups in total. The molecule has 1 heterocycles. The summed E-state index contributed by atoms with van der Waals surface area (Å²) in [7, 11) is -2.13. The van der Waals surface area contributed by atoms with E-state index in [9.17, 15) is 18.0 Å². The summed E-state index contributed by atoms with van der Waals surface area (Å²) in [4.78, 5) is 24.3. The van der Waals surface area contributed by atoms with E-state index in [0.29, 0.717) is 37.2 Å². The molecule has 0 unspecified atom stereocenters. The Hall–Kier alpha value is -2.71. The Morgan fingerprint density at radius 3 is 2.47 bits per heavy atom. The van der Waals surface area contributed by atoms with Crippen molar-refractivity contribution in [3.05, 3.63) is 65.2 Å². The lowest BCUT2D eigenvalue weighted by Crippen LogP contribution is -2.42. The maximum Gasteiger partial charge on any atom is 0.337 e. The van der Waals surface area contributed by atoms with Gasteiger partial charge >= 0.3 is 5.97 Å².